The van der Waals surface area contributed by atoms with Crippen molar-refractivity contribution in [3.05, 3.63) is 41.2 Å². The molecule has 0 amide bonds. The summed E-state index contributed by atoms with van der Waals surface area (Å²) in [6.07, 6.45) is 3.81. The summed E-state index contributed by atoms with van der Waals surface area (Å²) in [6.45, 7) is 4.10. The van der Waals surface area contributed by atoms with Crippen LogP contribution in [0, 0.1) is 0 Å². The SMILES string of the molecule is CC(C)n1ncnc1CC(NN)c1ncccc1Cl. The van der Waals surface area contributed by atoms with Crippen LogP contribution in [0.3, 0.4) is 0 Å². The van der Waals surface area contributed by atoms with Crippen molar-refractivity contribution in [2.45, 2.75) is 32.4 Å². The largest absolute Gasteiger partial charge is 0.271 e. The molecule has 2 aromatic rings. The maximum absolute atomic E-state index is 6.14. The third-order valence-electron chi connectivity index (χ3n) is 2.84. The first-order valence-corrected chi connectivity index (χ1v) is 6.46. The van der Waals surface area contributed by atoms with Gasteiger partial charge in [-0.1, -0.05) is 11.6 Å². The van der Waals surface area contributed by atoms with Crippen LogP contribution in [0.2, 0.25) is 5.02 Å². The molecule has 0 radical (unpaired) electrons. The summed E-state index contributed by atoms with van der Waals surface area (Å²) in [5, 5.41) is 4.79. The summed E-state index contributed by atoms with van der Waals surface area (Å²) in [5.74, 6) is 6.46. The molecule has 2 aromatic heterocycles. The van der Waals surface area contributed by atoms with Gasteiger partial charge < -0.3 is 0 Å². The summed E-state index contributed by atoms with van der Waals surface area (Å²) >= 11 is 6.14. The van der Waals surface area contributed by atoms with E-state index in [0.29, 0.717) is 17.1 Å². The first kappa shape index (κ1) is 13.9. The van der Waals surface area contributed by atoms with E-state index in [-0.39, 0.29) is 12.1 Å². The molecular formula is C12H17ClN6. The Morgan fingerprint density at radius 3 is 2.84 bits per heavy atom. The fourth-order valence-corrected chi connectivity index (χ4v) is 2.18. The van der Waals surface area contributed by atoms with Gasteiger partial charge in [0.15, 0.2) is 0 Å². The van der Waals surface area contributed by atoms with E-state index >= 15 is 0 Å². The lowest BCUT2D eigenvalue weighted by Gasteiger charge is -2.17. The highest BCUT2D eigenvalue weighted by molar-refractivity contribution is 6.31. The number of hydrogen-bond acceptors (Lipinski definition) is 5. The first-order chi connectivity index (χ1) is 9.13. The highest BCUT2D eigenvalue weighted by Gasteiger charge is 2.19. The zero-order valence-electron chi connectivity index (χ0n) is 10.9. The molecule has 19 heavy (non-hydrogen) atoms. The number of hydrogen-bond donors (Lipinski definition) is 2. The van der Waals surface area contributed by atoms with Crippen LogP contribution in [0.5, 0.6) is 0 Å². The minimum absolute atomic E-state index is 0.199. The number of nitrogens with two attached hydrogens (primary N) is 1. The smallest absolute Gasteiger partial charge is 0.138 e. The van der Waals surface area contributed by atoms with Gasteiger partial charge in [0.1, 0.15) is 12.2 Å². The number of pyridine rings is 1. The maximum atomic E-state index is 6.14. The second-order valence-electron chi connectivity index (χ2n) is 4.51. The van der Waals surface area contributed by atoms with Crippen LogP contribution in [-0.4, -0.2) is 19.7 Å². The molecule has 0 aromatic carbocycles. The zero-order valence-corrected chi connectivity index (χ0v) is 11.7. The minimum Gasteiger partial charge on any atom is -0.271 e. The van der Waals surface area contributed by atoms with E-state index in [4.69, 9.17) is 17.4 Å². The Morgan fingerprint density at radius 1 is 1.42 bits per heavy atom. The van der Waals surface area contributed by atoms with Crippen LogP contribution in [0.1, 0.15) is 37.4 Å². The molecule has 2 heterocycles. The Bertz CT molecular complexity index is 539. The number of hydrazine groups is 1. The van der Waals surface area contributed by atoms with Crippen LogP contribution in [-0.2, 0) is 6.42 Å². The summed E-state index contributed by atoms with van der Waals surface area (Å²) in [6, 6.07) is 3.63. The second kappa shape index (κ2) is 6.10. The van der Waals surface area contributed by atoms with Crippen LogP contribution in [0.25, 0.3) is 0 Å². The molecule has 0 fully saturated rings. The molecule has 0 aliphatic heterocycles. The number of nitrogens with zero attached hydrogens (tertiary/aromatic N) is 4. The Labute approximate surface area is 117 Å². The fraction of sp³-hybridized carbons (Fsp3) is 0.417. The van der Waals surface area contributed by atoms with E-state index < -0.39 is 0 Å². The van der Waals surface area contributed by atoms with E-state index in [1.807, 2.05) is 4.68 Å². The average molecular weight is 281 g/mol. The van der Waals surface area contributed by atoms with Gasteiger partial charge in [-0.3, -0.25) is 16.3 Å². The minimum atomic E-state index is -0.199. The van der Waals surface area contributed by atoms with Gasteiger partial charge in [0.05, 0.1) is 16.8 Å². The fourth-order valence-electron chi connectivity index (χ4n) is 1.92. The van der Waals surface area contributed by atoms with Crippen molar-refractivity contribution in [1.82, 2.24) is 25.2 Å². The lowest BCUT2D eigenvalue weighted by molar-refractivity contribution is 0.464. The summed E-state index contributed by atoms with van der Waals surface area (Å²) in [4.78, 5) is 8.54. The molecule has 1 atom stereocenters. The van der Waals surface area contributed by atoms with Crippen molar-refractivity contribution < 1.29 is 0 Å². The van der Waals surface area contributed by atoms with Gasteiger partial charge in [-0.05, 0) is 26.0 Å². The second-order valence-corrected chi connectivity index (χ2v) is 4.92. The molecule has 0 saturated heterocycles. The van der Waals surface area contributed by atoms with Gasteiger partial charge in [-0.2, -0.15) is 5.10 Å². The summed E-state index contributed by atoms with van der Waals surface area (Å²) in [7, 11) is 0. The van der Waals surface area contributed by atoms with Crippen molar-refractivity contribution in [3.8, 4) is 0 Å². The third-order valence-corrected chi connectivity index (χ3v) is 3.16. The summed E-state index contributed by atoms with van der Waals surface area (Å²) in [5.41, 5.74) is 3.45. The zero-order chi connectivity index (χ0) is 13.8. The van der Waals surface area contributed by atoms with Crippen LogP contribution >= 0.6 is 11.6 Å². The van der Waals surface area contributed by atoms with Gasteiger partial charge in [0, 0.05) is 18.7 Å². The van der Waals surface area contributed by atoms with Crippen molar-refractivity contribution >= 4 is 11.6 Å². The highest BCUT2D eigenvalue weighted by atomic mass is 35.5. The molecule has 102 valence electrons. The lowest BCUT2D eigenvalue weighted by Crippen LogP contribution is -2.31. The molecule has 0 aliphatic carbocycles. The molecule has 7 heteroatoms. The van der Waals surface area contributed by atoms with E-state index in [2.05, 4.69) is 34.3 Å². The van der Waals surface area contributed by atoms with Gasteiger partial charge >= 0.3 is 0 Å². The predicted octanol–water partition coefficient (Wildman–Crippen LogP) is 1.65. The summed E-state index contributed by atoms with van der Waals surface area (Å²) < 4.78 is 1.86. The predicted molar refractivity (Wildman–Crippen MR) is 73.4 cm³/mol. The average Bonchev–Trinajstić information content (AvgIpc) is 2.85. The van der Waals surface area contributed by atoms with Gasteiger partial charge in [-0.25, -0.2) is 9.67 Å². The highest BCUT2D eigenvalue weighted by Crippen LogP contribution is 2.22. The standard InChI is InChI=1S/C12H17ClN6/c1-8(2)19-11(16-7-17-19)6-10(18-14)12-9(13)4-3-5-15-12/h3-5,7-8,10,18H,6,14H2,1-2H3. The Hall–Kier alpha value is -1.50. The molecule has 3 N–H and O–H groups in total. The third kappa shape index (κ3) is 3.09. The molecule has 0 bridgehead atoms. The van der Waals surface area contributed by atoms with Crippen LogP contribution in [0.4, 0.5) is 0 Å². The normalized spacial score (nSPS) is 12.9. The molecule has 1 unspecified atom stereocenters. The van der Waals surface area contributed by atoms with Gasteiger partial charge in [0.25, 0.3) is 0 Å². The van der Waals surface area contributed by atoms with Gasteiger partial charge in [0.2, 0.25) is 0 Å². The topological polar surface area (TPSA) is 81.7 Å². The molecule has 0 aliphatic rings. The van der Waals surface area contributed by atoms with E-state index in [0.717, 1.165) is 5.82 Å². The van der Waals surface area contributed by atoms with Crippen molar-refractivity contribution in [3.63, 3.8) is 0 Å². The van der Waals surface area contributed by atoms with Crippen molar-refractivity contribution in [2.24, 2.45) is 5.84 Å². The Balaban J connectivity index is 2.25. The number of halogens is 1. The Kier molecular flexibility index (Phi) is 4.47. The quantitative estimate of drug-likeness (QED) is 0.643. The van der Waals surface area contributed by atoms with Crippen LogP contribution < -0.4 is 11.3 Å². The van der Waals surface area contributed by atoms with E-state index in [1.165, 1.54) is 0 Å². The monoisotopic (exact) mass is 280 g/mol. The molecule has 0 saturated carbocycles. The Morgan fingerprint density at radius 2 is 2.21 bits per heavy atom. The molecule has 2 rings (SSSR count). The molecule has 6 nitrogen and oxygen atoms in total. The number of nitrogens with one attached hydrogen (secondary N) is 1. The van der Waals surface area contributed by atoms with Crippen molar-refractivity contribution in [2.75, 3.05) is 0 Å². The lowest BCUT2D eigenvalue weighted by atomic mass is 10.1. The van der Waals surface area contributed by atoms with E-state index in [1.54, 1.807) is 24.7 Å². The first-order valence-electron chi connectivity index (χ1n) is 6.08. The maximum Gasteiger partial charge on any atom is 0.138 e. The number of aromatic nitrogens is 4. The molecular weight excluding hydrogens is 264 g/mol. The molecule has 0 spiro atoms. The van der Waals surface area contributed by atoms with Crippen LogP contribution in [0.15, 0.2) is 24.7 Å². The van der Waals surface area contributed by atoms with Crippen molar-refractivity contribution in [1.29, 1.82) is 0 Å². The van der Waals surface area contributed by atoms with E-state index in [9.17, 15) is 0 Å². The van der Waals surface area contributed by atoms with Gasteiger partial charge in [-0.15, -0.1) is 0 Å². The number of rotatable bonds is 5.